The molecule has 1 saturated heterocycles. The number of nitrogens with zero attached hydrogens (tertiary/aromatic N) is 1. The monoisotopic (exact) mass is 260 g/mol. The van der Waals surface area contributed by atoms with Gasteiger partial charge in [0.2, 0.25) is 0 Å². The van der Waals surface area contributed by atoms with Crippen molar-refractivity contribution in [2.24, 2.45) is 5.92 Å². The van der Waals surface area contributed by atoms with Crippen molar-refractivity contribution in [3.63, 3.8) is 0 Å². The van der Waals surface area contributed by atoms with Gasteiger partial charge in [-0.2, -0.15) is 0 Å². The standard InChI is InChI=1S/C17H28N2/c1-5-18-17-9-10-19(15(4)14(17)3)12-16-8-6-7-13(2)11-16/h6-8,11,14-15,17-18H,5,9-10,12H2,1-4H3. The highest BCUT2D eigenvalue weighted by Crippen LogP contribution is 2.25. The van der Waals surface area contributed by atoms with Crippen LogP contribution in [0.15, 0.2) is 24.3 Å². The Labute approximate surface area is 118 Å². The van der Waals surface area contributed by atoms with E-state index in [-0.39, 0.29) is 0 Å². The van der Waals surface area contributed by atoms with Gasteiger partial charge in [0.05, 0.1) is 0 Å². The quantitative estimate of drug-likeness (QED) is 0.894. The van der Waals surface area contributed by atoms with Crippen LogP contribution in [0.4, 0.5) is 0 Å². The Hall–Kier alpha value is -0.860. The predicted molar refractivity (Wildman–Crippen MR) is 82.3 cm³/mol. The lowest BCUT2D eigenvalue weighted by molar-refractivity contribution is 0.0790. The topological polar surface area (TPSA) is 15.3 Å². The third-order valence-electron chi connectivity index (χ3n) is 4.63. The summed E-state index contributed by atoms with van der Waals surface area (Å²) >= 11 is 0. The van der Waals surface area contributed by atoms with Gasteiger partial charge in [-0.3, -0.25) is 4.90 Å². The molecular formula is C17H28N2. The minimum atomic E-state index is 0.651. The molecule has 1 aromatic carbocycles. The van der Waals surface area contributed by atoms with Crippen LogP contribution < -0.4 is 5.32 Å². The van der Waals surface area contributed by atoms with Crippen LogP contribution in [0.5, 0.6) is 0 Å². The smallest absolute Gasteiger partial charge is 0.0236 e. The summed E-state index contributed by atoms with van der Waals surface area (Å²) in [7, 11) is 0. The molecule has 106 valence electrons. The first kappa shape index (κ1) is 14.5. The fraction of sp³-hybridized carbons (Fsp3) is 0.647. The molecule has 1 aliphatic rings. The van der Waals surface area contributed by atoms with Crippen LogP contribution in [0.2, 0.25) is 0 Å². The Kier molecular flexibility index (Phi) is 5.00. The highest BCUT2D eigenvalue weighted by Gasteiger charge is 2.31. The summed E-state index contributed by atoms with van der Waals surface area (Å²) in [5.41, 5.74) is 2.81. The summed E-state index contributed by atoms with van der Waals surface area (Å²) in [6, 6.07) is 10.2. The van der Waals surface area contributed by atoms with Crippen molar-refractivity contribution < 1.29 is 0 Å². The Bertz CT molecular complexity index is 402. The van der Waals surface area contributed by atoms with E-state index < -0.39 is 0 Å². The molecule has 2 rings (SSSR count). The molecule has 0 saturated carbocycles. The van der Waals surface area contributed by atoms with Crippen molar-refractivity contribution in [2.45, 2.75) is 52.7 Å². The van der Waals surface area contributed by atoms with Crippen molar-refractivity contribution in [3.05, 3.63) is 35.4 Å². The van der Waals surface area contributed by atoms with Crippen LogP contribution in [0.1, 0.15) is 38.3 Å². The first-order valence-corrected chi connectivity index (χ1v) is 7.64. The summed E-state index contributed by atoms with van der Waals surface area (Å²) in [4.78, 5) is 2.63. The highest BCUT2D eigenvalue weighted by molar-refractivity contribution is 5.22. The van der Waals surface area contributed by atoms with Crippen molar-refractivity contribution >= 4 is 0 Å². The fourth-order valence-corrected chi connectivity index (χ4v) is 3.26. The van der Waals surface area contributed by atoms with Crippen LogP contribution in [-0.2, 0) is 6.54 Å². The minimum Gasteiger partial charge on any atom is -0.314 e. The van der Waals surface area contributed by atoms with Gasteiger partial charge in [-0.15, -0.1) is 0 Å². The molecule has 2 nitrogen and oxygen atoms in total. The van der Waals surface area contributed by atoms with E-state index in [2.05, 4.69) is 62.2 Å². The number of nitrogens with one attached hydrogen (secondary N) is 1. The largest absolute Gasteiger partial charge is 0.314 e. The lowest BCUT2D eigenvalue weighted by atomic mass is 9.86. The van der Waals surface area contributed by atoms with Gasteiger partial charge < -0.3 is 5.32 Å². The van der Waals surface area contributed by atoms with Gasteiger partial charge in [-0.05, 0) is 38.3 Å². The molecule has 0 radical (unpaired) electrons. The normalized spacial score (nSPS) is 28.5. The van der Waals surface area contributed by atoms with E-state index in [4.69, 9.17) is 0 Å². The third-order valence-corrected chi connectivity index (χ3v) is 4.63. The van der Waals surface area contributed by atoms with Crippen LogP contribution in [0, 0.1) is 12.8 Å². The molecule has 3 unspecified atom stereocenters. The van der Waals surface area contributed by atoms with E-state index in [1.807, 2.05) is 0 Å². The van der Waals surface area contributed by atoms with E-state index in [0.29, 0.717) is 12.1 Å². The van der Waals surface area contributed by atoms with E-state index in [0.717, 1.165) is 19.0 Å². The van der Waals surface area contributed by atoms with Crippen LogP contribution >= 0.6 is 0 Å². The maximum Gasteiger partial charge on any atom is 0.0236 e. The average Bonchev–Trinajstić information content (AvgIpc) is 2.39. The Morgan fingerprint density at radius 2 is 2.11 bits per heavy atom. The lowest BCUT2D eigenvalue weighted by Gasteiger charge is -2.43. The molecule has 19 heavy (non-hydrogen) atoms. The van der Waals surface area contributed by atoms with Crippen LogP contribution in [0.3, 0.4) is 0 Å². The molecule has 3 atom stereocenters. The molecule has 1 fully saturated rings. The van der Waals surface area contributed by atoms with E-state index in [1.54, 1.807) is 0 Å². The average molecular weight is 260 g/mol. The van der Waals surface area contributed by atoms with Gasteiger partial charge in [0.25, 0.3) is 0 Å². The summed E-state index contributed by atoms with van der Waals surface area (Å²) in [5.74, 6) is 0.721. The van der Waals surface area contributed by atoms with Gasteiger partial charge in [0.1, 0.15) is 0 Å². The van der Waals surface area contributed by atoms with Crippen molar-refractivity contribution in [1.29, 1.82) is 0 Å². The number of hydrogen-bond donors (Lipinski definition) is 1. The first-order chi connectivity index (χ1) is 9.11. The maximum absolute atomic E-state index is 3.63. The molecule has 0 spiro atoms. The number of rotatable bonds is 4. The third kappa shape index (κ3) is 3.58. The number of benzene rings is 1. The molecule has 0 aromatic heterocycles. The molecular weight excluding hydrogens is 232 g/mol. The van der Waals surface area contributed by atoms with Gasteiger partial charge in [-0.25, -0.2) is 0 Å². The maximum atomic E-state index is 3.63. The summed E-state index contributed by atoms with van der Waals surface area (Å²) < 4.78 is 0. The molecule has 0 amide bonds. The van der Waals surface area contributed by atoms with E-state index >= 15 is 0 Å². The van der Waals surface area contributed by atoms with Crippen molar-refractivity contribution in [3.8, 4) is 0 Å². The van der Waals surface area contributed by atoms with Crippen molar-refractivity contribution in [1.82, 2.24) is 10.2 Å². The second-order valence-corrected chi connectivity index (χ2v) is 6.01. The predicted octanol–water partition coefficient (Wildman–Crippen LogP) is 3.20. The van der Waals surface area contributed by atoms with Gasteiger partial charge >= 0.3 is 0 Å². The van der Waals surface area contributed by atoms with Gasteiger partial charge in [0.15, 0.2) is 0 Å². The molecule has 0 aliphatic carbocycles. The number of aryl methyl sites for hydroxylation is 1. The lowest BCUT2D eigenvalue weighted by Crippen LogP contribution is -2.52. The summed E-state index contributed by atoms with van der Waals surface area (Å²) in [5, 5.41) is 3.63. The number of likely N-dealkylation sites (tertiary alicyclic amines) is 1. The Balaban J connectivity index is 1.99. The molecule has 1 aromatic rings. The molecule has 2 heteroatoms. The second-order valence-electron chi connectivity index (χ2n) is 6.01. The zero-order chi connectivity index (χ0) is 13.8. The summed E-state index contributed by atoms with van der Waals surface area (Å²) in [6.45, 7) is 12.5. The highest BCUT2D eigenvalue weighted by atomic mass is 15.2. The Morgan fingerprint density at radius 1 is 1.32 bits per heavy atom. The SMILES string of the molecule is CCNC1CCN(Cc2cccc(C)c2)C(C)C1C. The molecule has 1 N–H and O–H groups in total. The second kappa shape index (κ2) is 6.53. The zero-order valence-corrected chi connectivity index (χ0v) is 12.8. The van der Waals surface area contributed by atoms with Crippen LogP contribution in [-0.4, -0.2) is 30.1 Å². The van der Waals surface area contributed by atoms with Crippen LogP contribution in [0.25, 0.3) is 0 Å². The zero-order valence-electron chi connectivity index (χ0n) is 12.8. The molecule has 0 bridgehead atoms. The first-order valence-electron chi connectivity index (χ1n) is 7.64. The summed E-state index contributed by atoms with van der Waals surface area (Å²) in [6.07, 6.45) is 1.27. The Morgan fingerprint density at radius 3 is 2.79 bits per heavy atom. The van der Waals surface area contributed by atoms with Gasteiger partial charge in [-0.1, -0.05) is 43.7 Å². The molecule has 1 aliphatic heterocycles. The fourth-order valence-electron chi connectivity index (χ4n) is 3.26. The molecule has 1 heterocycles. The van der Waals surface area contributed by atoms with Crippen molar-refractivity contribution in [2.75, 3.05) is 13.1 Å². The number of hydrogen-bond acceptors (Lipinski definition) is 2. The number of piperidine rings is 1. The van der Waals surface area contributed by atoms with E-state index in [9.17, 15) is 0 Å². The van der Waals surface area contributed by atoms with Gasteiger partial charge in [0, 0.05) is 25.2 Å². The minimum absolute atomic E-state index is 0.651. The van der Waals surface area contributed by atoms with E-state index in [1.165, 1.54) is 24.1 Å².